The van der Waals surface area contributed by atoms with Crippen LogP contribution in [0.4, 0.5) is 0 Å². The normalized spacial score (nSPS) is 19.6. The number of rotatable bonds is 2. The van der Waals surface area contributed by atoms with Crippen molar-refractivity contribution in [1.29, 1.82) is 0 Å². The lowest BCUT2D eigenvalue weighted by Crippen LogP contribution is -2.42. The molecule has 0 saturated carbocycles. The van der Waals surface area contributed by atoms with Gasteiger partial charge < -0.3 is 4.98 Å². The van der Waals surface area contributed by atoms with E-state index in [4.69, 9.17) is 16.6 Å². The molecule has 27 heavy (non-hydrogen) atoms. The molecule has 2 aromatic heterocycles. The molecule has 0 amide bonds. The van der Waals surface area contributed by atoms with Crippen molar-refractivity contribution in [2.24, 2.45) is 0 Å². The van der Waals surface area contributed by atoms with Gasteiger partial charge in [0, 0.05) is 43.0 Å². The van der Waals surface area contributed by atoms with Crippen molar-refractivity contribution in [3.63, 3.8) is 0 Å². The molecule has 0 fully saturated rings. The Balaban J connectivity index is 1.38. The summed E-state index contributed by atoms with van der Waals surface area (Å²) in [6.45, 7) is 4.14. The van der Waals surface area contributed by atoms with Crippen molar-refractivity contribution >= 4 is 11.6 Å². The van der Waals surface area contributed by atoms with Gasteiger partial charge >= 0.3 is 0 Å². The monoisotopic (exact) mass is 378 g/mol. The van der Waals surface area contributed by atoms with Crippen LogP contribution in [-0.2, 0) is 25.8 Å². The summed E-state index contributed by atoms with van der Waals surface area (Å²) in [5.74, 6) is 0.890. The van der Waals surface area contributed by atoms with E-state index in [1.54, 1.807) is 0 Å². The number of fused-ring (bicyclic) bond motifs is 2. The molecule has 5 heteroatoms. The van der Waals surface area contributed by atoms with Crippen molar-refractivity contribution in [1.82, 2.24) is 19.9 Å². The molecule has 0 spiro atoms. The molecule has 1 unspecified atom stereocenters. The van der Waals surface area contributed by atoms with Crippen LogP contribution in [0.5, 0.6) is 0 Å². The second-order valence-corrected chi connectivity index (χ2v) is 8.05. The number of nitrogens with zero attached hydrogens (tertiary/aromatic N) is 3. The van der Waals surface area contributed by atoms with Crippen molar-refractivity contribution in [3.8, 4) is 11.4 Å². The summed E-state index contributed by atoms with van der Waals surface area (Å²) >= 11 is 6.36. The molecule has 138 valence electrons. The number of benzene rings is 1. The Bertz CT molecular complexity index is 994. The van der Waals surface area contributed by atoms with Crippen LogP contribution >= 0.6 is 11.6 Å². The van der Waals surface area contributed by atoms with Crippen molar-refractivity contribution in [2.75, 3.05) is 6.54 Å². The molecule has 4 nitrogen and oxygen atoms in total. The summed E-state index contributed by atoms with van der Waals surface area (Å²) in [7, 11) is 0. The van der Waals surface area contributed by atoms with Gasteiger partial charge in [0.15, 0.2) is 0 Å². The molecule has 2 aliphatic rings. The summed E-state index contributed by atoms with van der Waals surface area (Å²) < 4.78 is 0. The van der Waals surface area contributed by atoms with Gasteiger partial charge in [-0.1, -0.05) is 23.7 Å². The molecule has 1 aromatic carbocycles. The van der Waals surface area contributed by atoms with Gasteiger partial charge in [-0.15, -0.1) is 0 Å². The van der Waals surface area contributed by atoms with E-state index in [-0.39, 0.29) is 0 Å². The topological polar surface area (TPSA) is 44.8 Å². The first-order valence-electron chi connectivity index (χ1n) is 9.69. The molecule has 5 rings (SSSR count). The van der Waals surface area contributed by atoms with Gasteiger partial charge in [0.25, 0.3) is 0 Å². The van der Waals surface area contributed by atoms with Gasteiger partial charge in [0.1, 0.15) is 5.82 Å². The number of H-pyrrole nitrogens is 1. The minimum absolute atomic E-state index is 0.584. The van der Waals surface area contributed by atoms with Gasteiger partial charge in [-0.25, -0.2) is 4.98 Å². The number of aromatic amines is 1. The predicted octanol–water partition coefficient (Wildman–Crippen LogP) is 4.35. The van der Waals surface area contributed by atoms with E-state index in [2.05, 4.69) is 27.9 Å². The minimum Gasteiger partial charge on any atom is -0.340 e. The Morgan fingerprint density at radius 1 is 1.19 bits per heavy atom. The number of aromatic nitrogens is 3. The van der Waals surface area contributed by atoms with Crippen LogP contribution in [0.2, 0.25) is 5.02 Å². The third-order valence-electron chi connectivity index (χ3n) is 6.06. The molecule has 0 radical (unpaired) electrons. The number of hydrogen-bond donors (Lipinski definition) is 1. The van der Waals surface area contributed by atoms with E-state index >= 15 is 0 Å². The Morgan fingerprint density at radius 2 is 2.07 bits per heavy atom. The first-order chi connectivity index (χ1) is 13.2. The van der Waals surface area contributed by atoms with E-state index in [9.17, 15) is 0 Å². The molecule has 1 aliphatic heterocycles. The highest BCUT2D eigenvalue weighted by molar-refractivity contribution is 6.33. The zero-order valence-electron chi connectivity index (χ0n) is 15.5. The quantitative estimate of drug-likeness (QED) is 0.721. The van der Waals surface area contributed by atoms with Crippen LogP contribution in [0.1, 0.15) is 34.6 Å². The summed E-state index contributed by atoms with van der Waals surface area (Å²) in [5, 5.41) is 0.743. The largest absolute Gasteiger partial charge is 0.340 e. The van der Waals surface area contributed by atoms with Gasteiger partial charge in [0.2, 0.25) is 0 Å². The fourth-order valence-electron chi connectivity index (χ4n) is 4.54. The highest BCUT2D eigenvalue weighted by Gasteiger charge is 2.29. The lowest BCUT2D eigenvalue weighted by molar-refractivity contribution is 0.160. The lowest BCUT2D eigenvalue weighted by atomic mass is 9.86. The van der Waals surface area contributed by atoms with Gasteiger partial charge in [-0.3, -0.25) is 9.88 Å². The average molecular weight is 379 g/mol. The Hall–Kier alpha value is -2.17. The van der Waals surface area contributed by atoms with Crippen LogP contribution in [0, 0.1) is 6.92 Å². The van der Waals surface area contributed by atoms with Crippen molar-refractivity contribution in [2.45, 2.75) is 45.2 Å². The predicted molar refractivity (Wildman–Crippen MR) is 108 cm³/mol. The molecule has 3 aromatic rings. The Kier molecular flexibility index (Phi) is 4.25. The zero-order chi connectivity index (χ0) is 18.4. The second-order valence-electron chi connectivity index (χ2n) is 7.64. The third kappa shape index (κ3) is 3.07. The standard InChI is InChI=1S/C22H23ClN4/c1-14-18-12-16(7-6-15(18)8-10-24-14)27-11-9-20-21(13-27)26-22(25-20)17-4-2-3-5-19(17)23/h2-5,8,10,16H,6-7,9,11-13H2,1H3,(H,25,26). The highest BCUT2D eigenvalue weighted by Crippen LogP contribution is 2.31. The highest BCUT2D eigenvalue weighted by atomic mass is 35.5. The number of halogens is 1. The molecule has 1 atom stereocenters. The van der Waals surface area contributed by atoms with Crippen LogP contribution in [0.15, 0.2) is 36.5 Å². The van der Waals surface area contributed by atoms with Crippen molar-refractivity contribution in [3.05, 3.63) is 69.8 Å². The Morgan fingerprint density at radius 3 is 2.96 bits per heavy atom. The molecule has 1 aliphatic carbocycles. The second kappa shape index (κ2) is 6.77. The fourth-order valence-corrected chi connectivity index (χ4v) is 4.77. The molecular formula is C22H23ClN4. The summed E-state index contributed by atoms with van der Waals surface area (Å²) in [5.41, 5.74) is 7.55. The van der Waals surface area contributed by atoms with Crippen LogP contribution in [0.25, 0.3) is 11.4 Å². The number of nitrogens with one attached hydrogen (secondary N) is 1. The number of hydrogen-bond acceptors (Lipinski definition) is 3. The van der Waals surface area contributed by atoms with E-state index < -0.39 is 0 Å². The number of pyridine rings is 1. The SMILES string of the molecule is Cc1nccc2c1CC(N1CCc3nc(-c4ccccc4Cl)[nH]c3C1)CC2. The minimum atomic E-state index is 0.584. The fraction of sp³-hybridized carbons (Fsp3) is 0.364. The van der Waals surface area contributed by atoms with Gasteiger partial charge in [0.05, 0.1) is 16.4 Å². The lowest BCUT2D eigenvalue weighted by Gasteiger charge is -2.37. The maximum atomic E-state index is 6.36. The smallest absolute Gasteiger partial charge is 0.139 e. The van der Waals surface area contributed by atoms with Crippen molar-refractivity contribution < 1.29 is 0 Å². The zero-order valence-corrected chi connectivity index (χ0v) is 16.3. The number of imidazole rings is 1. The molecule has 1 N–H and O–H groups in total. The van der Waals surface area contributed by atoms with E-state index in [1.165, 1.54) is 34.6 Å². The van der Waals surface area contributed by atoms with E-state index in [0.717, 1.165) is 48.8 Å². The Labute approximate surface area is 164 Å². The van der Waals surface area contributed by atoms with Gasteiger partial charge in [-0.2, -0.15) is 0 Å². The number of aryl methyl sites for hydroxylation is 2. The van der Waals surface area contributed by atoms with E-state index in [1.807, 2.05) is 30.5 Å². The average Bonchev–Trinajstić information content (AvgIpc) is 3.11. The van der Waals surface area contributed by atoms with Gasteiger partial charge in [-0.05, 0) is 55.5 Å². The third-order valence-corrected chi connectivity index (χ3v) is 6.39. The van der Waals surface area contributed by atoms with Crippen LogP contribution in [0.3, 0.4) is 0 Å². The summed E-state index contributed by atoms with van der Waals surface area (Å²) in [6, 6.07) is 10.7. The maximum absolute atomic E-state index is 6.36. The van der Waals surface area contributed by atoms with Crippen LogP contribution in [-0.4, -0.2) is 32.4 Å². The summed E-state index contributed by atoms with van der Waals surface area (Å²) in [6.07, 6.45) is 6.42. The molecule has 0 bridgehead atoms. The first-order valence-corrected chi connectivity index (χ1v) is 10.1. The van der Waals surface area contributed by atoms with E-state index in [0.29, 0.717) is 6.04 Å². The molecule has 3 heterocycles. The summed E-state index contributed by atoms with van der Waals surface area (Å²) in [4.78, 5) is 15.5. The van der Waals surface area contributed by atoms with Crippen LogP contribution < -0.4 is 0 Å². The first kappa shape index (κ1) is 17.0. The molecule has 0 saturated heterocycles. The maximum Gasteiger partial charge on any atom is 0.139 e. The molecular weight excluding hydrogens is 356 g/mol.